The van der Waals surface area contributed by atoms with Crippen LogP contribution in [0.5, 0.6) is 0 Å². The number of aryl methyl sites for hydroxylation is 10. The molecule has 0 saturated carbocycles. The molecule has 0 saturated heterocycles. The Morgan fingerprint density at radius 3 is 1.10 bits per heavy atom. The number of benzene rings is 3. The first-order valence-electron chi connectivity index (χ1n) is 24.7. The lowest BCUT2D eigenvalue weighted by molar-refractivity contribution is -0.661. The lowest BCUT2D eigenvalue weighted by atomic mass is 9.90. The maximum atomic E-state index is 8.53. The van der Waals surface area contributed by atoms with Gasteiger partial charge in [0.05, 0.1) is 0 Å². The van der Waals surface area contributed by atoms with E-state index in [-0.39, 0.29) is 0 Å². The number of nitrogens with zero attached hydrogens (tertiary/aromatic N) is 3. The maximum Gasteiger partial charge on any atom is 0.212 e. The molecule has 6 rings (SSSR count). The van der Waals surface area contributed by atoms with Crippen molar-refractivity contribution in [1.29, 1.82) is 0 Å². The van der Waals surface area contributed by atoms with E-state index in [1.165, 1.54) is 67.0 Å². The van der Waals surface area contributed by atoms with Crippen molar-refractivity contribution in [1.82, 2.24) is 0 Å². The number of pyridine rings is 3. The molecule has 3 nitrogen and oxygen atoms in total. The monoisotopic (exact) mass is 824 g/mol. The Kier molecular flexibility index (Phi) is 14.1. The van der Waals surface area contributed by atoms with Gasteiger partial charge in [-0.15, -0.1) is 0 Å². The first-order valence-corrected chi connectivity index (χ1v) is 22.2. The van der Waals surface area contributed by atoms with Gasteiger partial charge in [-0.3, -0.25) is 0 Å². The summed E-state index contributed by atoms with van der Waals surface area (Å²) in [6, 6.07) is 25.2. The molecule has 0 amide bonds. The normalized spacial score (nSPS) is 13.1. The van der Waals surface area contributed by atoms with Gasteiger partial charge in [-0.25, -0.2) is 13.7 Å². The van der Waals surface area contributed by atoms with Crippen LogP contribution in [-0.4, -0.2) is 0 Å². The molecule has 0 aliphatic rings. The van der Waals surface area contributed by atoms with Crippen molar-refractivity contribution in [2.24, 2.45) is 21.1 Å². The molecule has 0 bridgehead atoms. The van der Waals surface area contributed by atoms with Gasteiger partial charge in [-0.05, 0) is 130 Å². The van der Waals surface area contributed by atoms with Crippen LogP contribution in [0.4, 0.5) is 0 Å². The lowest BCUT2D eigenvalue weighted by Crippen LogP contribution is -2.32. The van der Waals surface area contributed by atoms with Crippen molar-refractivity contribution < 1.29 is 20.6 Å². The van der Waals surface area contributed by atoms with Gasteiger partial charge in [0.2, 0.25) is 17.1 Å². The first-order chi connectivity index (χ1) is 30.3. The molecule has 324 valence electrons. The van der Waals surface area contributed by atoms with Crippen molar-refractivity contribution in [3.63, 3.8) is 0 Å². The summed E-state index contributed by atoms with van der Waals surface area (Å²) in [6.07, 6.45) is 6.51. The van der Waals surface area contributed by atoms with Crippen molar-refractivity contribution in [2.75, 3.05) is 0 Å². The molecule has 0 atom stereocenters. The molecular weight excluding hydrogens is 739 g/mol. The summed E-state index contributed by atoms with van der Waals surface area (Å²) in [6.45, 7) is 31.6. The summed E-state index contributed by atoms with van der Waals surface area (Å²) >= 11 is 0. The summed E-state index contributed by atoms with van der Waals surface area (Å²) in [5.41, 5.74) is 21.0. The van der Waals surface area contributed by atoms with Gasteiger partial charge >= 0.3 is 0 Å². The van der Waals surface area contributed by atoms with Crippen LogP contribution in [0.3, 0.4) is 0 Å². The van der Waals surface area contributed by atoms with Crippen LogP contribution in [0.25, 0.3) is 33.8 Å². The Labute approximate surface area is 379 Å². The molecule has 3 aromatic carbocycles. The smallest absolute Gasteiger partial charge is 0.201 e. The van der Waals surface area contributed by atoms with E-state index in [1.54, 1.807) is 12.1 Å². The fourth-order valence-electron chi connectivity index (χ4n) is 8.46. The number of rotatable bonds is 8. The second-order valence-electron chi connectivity index (χ2n) is 18.8. The summed E-state index contributed by atoms with van der Waals surface area (Å²) < 4.78 is 46.2. The Bertz CT molecular complexity index is 2670. The van der Waals surface area contributed by atoms with Crippen LogP contribution in [-0.2, 0) is 21.1 Å². The molecule has 0 radical (unpaired) electrons. The summed E-state index contributed by atoms with van der Waals surface area (Å²) in [7, 11) is 6.22. The summed E-state index contributed by atoms with van der Waals surface area (Å²) in [4.78, 5) is 0. The first kappa shape index (κ1) is 41.5. The van der Waals surface area contributed by atoms with Crippen LogP contribution in [0.1, 0.15) is 172 Å². The number of aromatic nitrogens is 3. The zero-order chi connectivity index (χ0) is 50.0. The number of hydrogen-bond donors (Lipinski definition) is 0. The molecule has 0 spiro atoms. The molecule has 3 heteroatoms. The molecule has 0 N–H and O–H groups in total. The highest BCUT2D eigenvalue weighted by Gasteiger charge is 2.22. The topological polar surface area (TPSA) is 11.6 Å². The van der Waals surface area contributed by atoms with E-state index in [0.717, 1.165) is 27.9 Å². The highest BCUT2D eigenvalue weighted by Crippen LogP contribution is 2.32. The molecule has 61 heavy (non-hydrogen) atoms. The average molecular weight is 824 g/mol. The lowest BCUT2D eigenvalue weighted by Gasteiger charge is -2.16. The van der Waals surface area contributed by atoms with Crippen molar-refractivity contribution in [2.45, 2.75) is 147 Å². The van der Waals surface area contributed by atoms with E-state index in [0.29, 0.717) is 23.3 Å². The Morgan fingerprint density at radius 1 is 0.377 bits per heavy atom. The fourth-order valence-corrected chi connectivity index (χ4v) is 8.46. The Hall–Kier alpha value is -4.89. The third kappa shape index (κ3) is 11.9. The quantitative estimate of drug-likeness (QED) is 0.136. The summed E-state index contributed by atoms with van der Waals surface area (Å²) in [5, 5.41) is 0. The van der Waals surface area contributed by atoms with E-state index >= 15 is 0 Å². The second kappa shape index (κ2) is 20.8. The molecular formula is C58H80N3+3. The van der Waals surface area contributed by atoms with Gasteiger partial charge in [0.15, 0.2) is 18.6 Å². The largest absolute Gasteiger partial charge is 0.212 e. The van der Waals surface area contributed by atoms with Gasteiger partial charge in [0.25, 0.3) is 0 Å². The average Bonchev–Trinajstić information content (AvgIpc) is 3.18. The van der Waals surface area contributed by atoms with Crippen LogP contribution in [0.2, 0.25) is 0 Å². The zero-order valence-corrected chi connectivity index (χ0v) is 41.2. The molecule has 0 aliphatic carbocycles. The van der Waals surface area contributed by atoms with E-state index in [9.17, 15) is 0 Å². The molecule has 0 unspecified atom stereocenters. The zero-order valence-electron chi connectivity index (χ0n) is 46.2. The van der Waals surface area contributed by atoms with E-state index in [2.05, 4.69) is 160 Å². The van der Waals surface area contributed by atoms with Crippen molar-refractivity contribution >= 4 is 0 Å². The van der Waals surface area contributed by atoms with Crippen LogP contribution in [0, 0.1) is 48.4 Å². The minimum Gasteiger partial charge on any atom is -0.201 e. The SMILES string of the molecule is Cc1ccc(-c2cc(C(C)C)c(C(C)C)c[n+]2C)c(C)c1.Cc1ccc(-c2cc(C)c(C(C)C)c[n+]2C)c(C)c1.[2H]C([2H])([2H])c1ccc(-c2cc(C([2H])(C)C)c(C([2H])(C)C)c[n+]2C)c(C)c1. The molecule has 0 aliphatic heterocycles. The Morgan fingerprint density at radius 2 is 0.721 bits per heavy atom. The van der Waals surface area contributed by atoms with Crippen molar-refractivity contribution in [3.05, 3.63) is 158 Å². The predicted molar refractivity (Wildman–Crippen MR) is 263 cm³/mol. The highest BCUT2D eigenvalue weighted by atomic mass is 14.9. The minimum atomic E-state index is -2.13. The molecule has 0 fully saturated rings. The van der Waals surface area contributed by atoms with E-state index in [4.69, 9.17) is 6.85 Å². The maximum absolute atomic E-state index is 8.53. The van der Waals surface area contributed by atoms with E-state index in [1.807, 2.05) is 64.6 Å². The minimum absolute atomic E-state index is 0.325. The van der Waals surface area contributed by atoms with Gasteiger partial charge in [0.1, 0.15) is 21.1 Å². The van der Waals surface area contributed by atoms with E-state index < -0.39 is 18.6 Å². The standard InChI is InChI=1S/2C20H28N.C18H24N/c2*1-13(2)18-11-20(21(7)12-19(18)14(3)4)17-9-8-15(5)10-16(17)6;1-12(2)17-11-19(6)18(10-15(17)5)16-8-7-13(3)9-14(16)4/h2*8-14H,1-7H3;7-12H,1-6H3/q3*+1/i5D3,13D,14D;;. The van der Waals surface area contributed by atoms with Crippen LogP contribution >= 0.6 is 0 Å². The molecule has 3 aromatic heterocycles. The van der Waals surface area contributed by atoms with Gasteiger partial charge in [-0.1, -0.05) is 122 Å². The van der Waals surface area contributed by atoms with Gasteiger partial charge in [0, 0.05) is 58.4 Å². The highest BCUT2D eigenvalue weighted by molar-refractivity contribution is 5.64. The van der Waals surface area contributed by atoms with Crippen LogP contribution in [0.15, 0.2) is 91.4 Å². The number of hydrogen-bond acceptors (Lipinski definition) is 0. The summed E-state index contributed by atoms with van der Waals surface area (Å²) in [5.74, 6) is 0.0158. The third-order valence-corrected chi connectivity index (χ3v) is 11.9. The fraction of sp³-hybridized carbons (Fsp3) is 0.431. The Balaban J connectivity index is 0.000000219. The molecule has 6 aromatic rings. The van der Waals surface area contributed by atoms with Crippen molar-refractivity contribution in [3.8, 4) is 33.8 Å². The molecule has 3 heterocycles. The predicted octanol–water partition coefficient (Wildman–Crippen LogP) is 14.3. The van der Waals surface area contributed by atoms with Gasteiger partial charge in [-0.2, -0.15) is 0 Å². The second-order valence-corrected chi connectivity index (χ2v) is 18.8. The third-order valence-electron chi connectivity index (χ3n) is 11.9. The van der Waals surface area contributed by atoms with Crippen LogP contribution < -0.4 is 13.7 Å². The van der Waals surface area contributed by atoms with Gasteiger partial charge < -0.3 is 0 Å².